The van der Waals surface area contributed by atoms with Crippen LogP contribution in [-0.4, -0.2) is 59.4 Å². The lowest BCUT2D eigenvalue weighted by atomic mass is 10.2. The molecule has 8 nitrogen and oxygen atoms in total. The highest BCUT2D eigenvalue weighted by Gasteiger charge is 2.40. The highest BCUT2D eigenvalue weighted by Crippen LogP contribution is 2.15. The van der Waals surface area contributed by atoms with Crippen LogP contribution in [0.5, 0.6) is 0 Å². The Bertz CT molecular complexity index is 526. The zero-order valence-corrected chi connectivity index (χ0v) is 11.3. The van der Waals surface area contributed by atoms with Gasteiger partial charge in [0.15, 0.2) is 0 Å². The van der Waals surface area contributed by atoms with Crippen molar-refractivity contribution in [2.24, 2.45) is 0 Å². The fourth-order valence-electron chi connectivity index (χ4n) is 1.58. The van der Waals surface area contributed by atoms with Crippen molar-refractivity contribution in [1.82, 2.24) is 20.2 Å². The number of amides is 4. The van der Waals surface area contributed by atoms with Gasteiger partial charge in [0, 0.05) is 21.1 Å². The van der Waals surface area contributed by atoms with Gasteiger partial charge in [-0.2, -0.15) is 0 Å². The number of hydrazine groups is 2. The number of carbonyl (C=O) groups excluding carboxylic acids is 3. The van der Waals surface area contributed by atoms with Crippen molar-refractivity contribution in [3.8, 4) is 0 Å². The van der Waals surface area contributed by atoms with Crippen molar-refractivity contribution in [1.29, 1.82) is 0 Å². The Hall–Kier alpha value is -2.61. The maximum atomic E-state index is 11.9. The fourth-order valence-corrected chi connectivity index (χ4v) is 1.58. The first-order valence-electron chi connectivity index (χ1n) is 5.80. The van der Waals surface area contributed by atoms with Crippen LogP contribution in [0.1, 0.15) is 10.4 Å². The third-order valence-electron chi connectivity index (χ3n) is 2.95. The van der Waals surface area contributed by atoms with Crippen LogP contribution in [0.15, 0.2) is 30.3 Å². The second-order valence-electron chi connectivity index (χ2n) is 4.14. The Morgan fingerprint density at radius 3 is 1.95 bits per heavy atom. The molecule has 1 aromatic carbocycles. The minimum absolute atomic E-state index is 0.248. The minimum Gasteiger partial charge on any atom is -0.322 e. The lowest BCUT2D eigenvalue weighted by molar-refractivity contribution is -0.162. The summed E-state index contributed by atoms with van der Waals surface area (Å²) in [5, 5.41) is 4.01. The number of hydroxylamine groups is 2. The van der Waals surface area contributed by atoms with E-state index in [-0.39, 0.29) is 5.56 Å². The van der Waals surface area contributed by atoms with Gasteiger partial charge >= 0.3 is 18.0 Å². The molecule has 2 rings (SSSR count). The van der Waals surface area contributed by atoms with E-state index in [0.717, 1.165) is 10.0 Å². The maximum Gasteiger partial charge on any atom is 0.378 e. The standard InChI is InChI=1S/C12H14N4O4/c1-13-11(18)16(12(19)14(2)15(13)3)20-10(17)9-7-5-4-6-8-9/h4-8H,1-3H3. The molecule has 20 heavy (non-hydrogen) atoms. The molecule has 0 unspecified atom stereocenters. The first-order chi connectivity index (χ1) is 9.43. The molecule has 1 aliphatic rings. The lowest BCUT2D eigenvalue weighted by Gasteiger charge is -2.42. The Morgan fingerprint density at radius 1 is 0.950 bits per heavy atom. The number of rotatable bonds is 2. The van der Waals surface area contributed by atoms with Crippen molar-refractivity contribution in [3.63, 3.8) is 0 Å². The topological polar surface area (TPSA) is 73.4 Å². The van der Waals surface area contributed by atoms with E-state index in [4.69, 9.17) is 4.84 Å². The van der Waals surface area contributed by atoms with Gasteiger partial charge in [-0.1, -0.05) is 23.3 Å². The number of imide groups is 1. The first-order valence-corrected chi connectivity index (χ1v) is 5.80. The van der Waals surface area contributed by atoms with Gasteiger partial charge in [0.05, 0.1) is 5.56 Å². The number of benzene rings is 1. The molecule has 0 N–H and O–H groups in total. The van der Waals surface area contributed by atoms with E-state index in [1.54, 1.807) is 18.2 Å². The summed E-state index contributed by atoms with van der Waals surface area (Å²) in [6.45, 7) is 0. The average molecular weight is 278 g/mol. The van der Waals surface area contributed by atoms with E-state index in [2.05, 4.69) is 0 Å². The second kappa shape index (κ2) is 5.17. The summed E-state index contributed by atoms with van der Waals surface area (Å²) in [4.78, 5) is 40.6. The molecule has 0 aromatic heterocycles. The Balaban J connectivity index is 2.18. The second-order valence-corrected chi connectivity index (χ2v) is 4.14. The van der Waals surface area contributed by atoms with Crippen LogP contribution in [0.25, 0.3) is 0 Å². The summed E-state index contributed by atoms with van der Waals surface area (Å²) in [5.41, 5.74) is 0.248. The molecule has 0 aliphatic carbocycles. The molecular formula is C12H14N4O4. The number of urea groups is 2. The normalized spacial score (nSPS) is 16.6. The summed E-state index contributed by atoms with van der Waals surface area (Å²) in [5.74, 6) is -0.779. The molecule has 0 bridgehead atoms. The molecule has 0 saturated carbocycles. The Morgan fingerprint density at radius 2 is 1.45 bits per heavy atom. The molecule has 0 spiro atoms. The summed E-state index contributed by atoms with van der Waals surface area (Å²) >= 11 is 0. The van der Waals surface area contributed by atoms with E-state index in [1.165, 1.54) is 38.4 Å². The van der Waals surface area contributed by atoms with E-state index >= 15 is 0 Å². The van der Waals surface area contributed by atoms with E-state index in [1.807, 2.05) is 0 Å². The van der Waals surface area contributed by atoms with Crippen molar-refractivity contribution in [3.05, 3.63) is 35.9 Å². The highest BCUT2D eigenvalue weighted by molar-refractivity contribution is 5.97. The van der Waals surface area contributed by atoms with Crippen LogP contribution in [0.2, 0.25) is 0 Å². The third-order valence-corrected chi connectivity index (χ3v) is 2.95. The summed E-state index contributed by atoms with van der Waals surface area (Å²) in [6, 6.07) is 6.61. The van der Waals surface area contributed by atoms with Crippen molar-refractivity contribution in [2.75, 3.05) is 21.1 Å². The van der Waals surface area contributed by atoms with Gasteiger partial charge in [-0.15, -0.1) is 5.12 Å². The van der Waals surface area contributed by atoms with Crippen LogP contribution in [0.4, 0.5) is 9.59 Å². The summed E-state index contributed by atoms with van der Waals surface area (Å²) in [6.07, 6.45) is 0. The number of hydrogen-bond acceptors (Lipinski definition) is 5. The van der Waals surface area contributed by atoms with Gasteiger partial charge in [-0.25, -0.2) is 24.4 Å². The minimum atomic E-state index is -0.779. The maximum absolute atomic E-state index is 11.9. The highest BCUT2D eigenvalue weighted by atomic mass is 16.7. The fraction of sp³-hybridized carbons (Fsp3) is 0.250. The predicted octanol–water partition coefficient (Wildman–Crippen LogP) is 0.939. The average Bonchev–Trinajstić information content (AvgIpc) is 2.48. The number of hydrogen-bond donors (Lipinski definition) is 0. The monoisotopic (exact) mass is 278 g/mol. The van der Waals surface area contributed by atoms with Crippen LogP contribution in [0, 0.1) is 0 Å². The van der Waals surface area contributed by atoms with E-state index in [0.29, 0.717) is 5.06 Å². The lowest BCUT2D eigenvalue weighted by Crippen LogP contribution is -2.65. The van der Waals surface area contributed by atoms with Gasteiger partial charge < -0.3 is 4.84 Å². The van der Waals surface area contributed by atoms with Crippen LogP contribution >= 0.6 is 0 Å². The van der Waals surface area contributed by atoms with Gasteiger partial charge in [-0.3, -0.25) is 0 Å². The largest absolute Gasteiger partial charge is 0.378 e. The predicted molar refractivity (Wildman–Crippen MR) is 67.8 cm³/mol. The number of carbonyl (C=O) groups is 3. The van der Waals surface area contributed by atoms with Crippen LogP contribution in [-0.2, 0) is 4.84 Å². The third kappa shape index (κ3) is 2.28. The smallest absolute Gasteiger partial charge is 0.322 e. The Labute approximate surface area is 115 Å². The van der Waals surface area contributed by atoms with Crippen molar-refractivity contribution in [2.45, 2.75) is 0 Å². The zero-order valence-electron chi connectivity index (χ0n) is 11.3. The molecule has 0 atom stereocenters. The zero-order chi connectivity index (χ0) is 14.9. The molecule has 1 fully saturated rings. The Kier molecular flexibility index (Phi) is 3.57. The van der Waals surface area contributed by atoms with Crippen molar-refractivity contribution >= 4 is 18.0 Å². The van der Waals surface area contributed by atoms with E-state index < -0.39 is 18.0 Å². The van der Waals surface area contributed by atoms with Crippen LogP contribution in [0.3, 0.4) is 0 Å². The molecule has 8 heteroatoms. The van der Waals surface area contributed by atoms with Gasteiger partial charge in [0.1, 0.15) is 0 Å². The van der Waals surface area contributed by atoms with Crippen molar-refractivity contribution < 1.29 is 19.2 Å². The molecule has 1 aromatic rings. The summed E-state index contributed by atoms with van der Waals surface area (Å²) < 4.78 is 0. The van der Waals surface area contributed by atoms with Crippen LogP contribution < -0.4 is 0 Å². The van der Waals surface area contributed by atoms with E-state index in [9.17, 15) is 14.4 Å². The summed E-state index contributed by atoms with van der Waals surface area (Å²) in [7, 11) is 4.44. The SMILES string of the molecule is CN1C(=O)N(OC(=O)c2ccccc2)C(=O)N(C)N1C. The molecule has 0 radical (unpaired) electrons. The first kappa shape index (κ1) is 13.8. The molecule has 106 valence electrons. The molecule has 1 heterocycles. The molecule has 4 amide bonds. The molecule has 1 saturated heterocycles. The van der Waals surface area contributed by atoms with Gasteiger partial charge in [0.25, 0.3) is 0 Å². The van der Waals surface area contributed by atoms with Gasteiger partial charge in [-0.05, 0) is 12.1 Å². The van der Waals surface area contributed by atoms with Gasteiger partial charge in [0.2, 0.25) is 0 Å². The quantitative estimate of drug-likeness (QED) is 0.805. The molecule has 1 aliphatic heterocycles. The molecular weight excluding hydrogens is 264 g/mol. The number of nitrogens with zero attached hydrogens (tertiary/aromatic N) is 4.